The Labute approximate surface area is 79.2 Å². The molecule has 0 aliphatic rings. The molecule has 0 fully saturated rings. The van der Waals surface area contributed by atoms with E-state index < -0.39 is 0 Å². The number of carbonyl (C=O) groups excluding carboxylic acids is 1. The Morgan fingerprint density at radius 3 is 2.08 bits per heavy atom. The Kier molecular flexibility index (Phi) is 2.71. The van der Waals surface area contributed by atoms with Crippen molar-refractivity contribution in [2.45, 2.75) is 13.8 Å². The van der Waals surface area contributed by atoms with E-state index >= 15 is 0 Å². The van der Waals surface area contributed by atoms with Gasteiger partial charge in [-0.2, -0.15) is 0 Å². The van der Waals surface area contributed by atoms with Gasteiger partial charge in [-0.25, -0.2) is 0 Å². The molecule has 0 bridgehead atoms. The molecule has 69 valence electrons. The number of carbonyl (C=O) groups is 1. The van der Waals surface area contributed by atoms with Crippen molar-refractivity contribution in [2.24, 2.45) is 0 Å². The van der Waals surface area contributed by atoms with Crippen LogP contribution < -0.4 is 0 Å². The van der Waals surface area contributed by atoms with Crippen molar-refractivity contribution in [3.05, 3.63) is 34.9 Å². The summed E-state index contributed by atoms with van der Waals surface area (Å²) < 4.78 is 0. The van der Waals surface area contributed by atoms with Gasteiger partial charge in [0.2, 0.25) is 0 Å². The van der Waals surface area contributed by atoms with Gasteiger partial charge in [-0.3, -0.25) is 4.79 Å². The normalized spacial score (nSPS) is 9.85. The third kappa shape index (κ3) is 2.31. The Morgan fingerprint density at radius 1 is 1.23 bits per heavy atom. The van der Waals surface area contributed by atoms with Crippen molar-refractivity contribution in [3.8, 4) is 0 Å². The third-order valence-corrected chi connectivity index (χ3v) is 1.79. The lowest BCUT2D eigenvalue weighted by Crippen LogP contribution is -2.21. The number of rotatable bonds is 1. The van der Waals surface area contributed by atoms with E-state index in [9.17, 15) is 4.79 Å². The zero-order chi connectivity index (χ0) is 10.0. The van der Waals surface area contributed by atoms with E-state index in [1.807, 2.05) is 26.0 Å². The zero-order valence-electron chi connectivity index (χ0n) is 8.51. The second kappa shape index (κ2) is 3.60. The van der Waals surface area contributed by atoms with Crippen LogP contribution in [0, 0.1) is 19.9 Å². The molecule has 0 heterocycles. The number of amides is 1. The molecule has 0 saturated carbocycles. The maximum Gasteiger partial charge on any atom is 0.253 e. The fourth-order valence-corrected chi connectivity index (χ4v) is 1.27. The second-order valence-corrected chi connectivity index (χ2v) is 3.43. The monoisotopic (exact) mass is 176 g/mol. The summed E-state index contributed by atoms with van der Waals surface area (Å²) >= 11 is 0. The highest BCUT2D eigenvalue weighted by Gasteiger charge is 2.07. The Hall–Kier alpha value is -1.31. The number of nitrogens with zero attached hydrogens (tertiary/aromatic N) is 1. The number of hydrogen-bond donors (Lipinski definition) is 0. The highest BCUT2D eigenvalue weighted by atomic mass is 16.2. The van der Waals surface area contributed by atoms with Crippen LogP contribution in [0.1, 0.15) is 21.5 Å². The summed E-state index contributed by atoms with van der Waals surface area (Å²) in [6, 6.07) is 6.85. The predicted octanol–water partition coefficient (Wildman–Crippen LogP) is 1.81. The van der Waals surface area contributed by atoms with Crippen molar-refractivity contribution in [1.29, 1.82) is 0 Å². The third-order valence-electron chi connectivity index (χ3n) is 1.79. The van der Waals surface area contributed by atoms with E-state index in [0.29, 0.717) is 0 Å². The van der Waals surface area contributed by atoms with E-state index in [0.717, 1.165) is 16.7 Å². The molecule has 0 saturated heterocycles. The zero-order valence-corrected chi connectivity index (χ0v) is 8.51. The summed E-state index contributed by atoms with van der Waals surface area (Å²) in [5.41, 5.74) is 2.74. The lowest BCUT2D eigenvalue weighted by atomic mass is 10.1. The highest BCUT2D eigenvalue weighted by Crippen LogP contribution is 2.09. The van der Waals surface area contributed by atoms with Crippen LogP contribution in [-0.2, 0) is 0 Å². The van der Waals surface area contributed by atoms with Crippen LogP contribution in [0.2, 0.25) is 0 Å². The minimum atomic E-state index is 0.0419. The number of benzene rings is 1. The first-order valence-corrected chi connectivity index (χ1v) is 4.23. The molecule has 2 nitrogen and oxygen atoms in total. The van der Waals surface area contributed by atoms with E-state index in [1.165, 1.54) is 0 Å². The predicted molar refractivity (Wildman–Crippen MR) is 52.8 cm³/mol. The van der Waals surface area contributed by atoms with Crippen molar-refractivity contribution in [2.75, 3.05) is 14.1 Å². The molecular formula is C11H14NO. The van der Waals surface area contributed by atoms with Crippen molar-refractivity contribution >= 4 is 5.91 Å². The van der Waals surface area contributed by atoms with E-state index in [2.05, 4.69) is 6.07 Å². The van der Waals surface area contributed by atoms with Crippen LogP contribution in [0.4, 0.5) is 0 Å². The van der Waals surface area contributed by atoms with Gasteiger partial charge < -0.3 is 4.90 Å². The molecule has 1 aromatic carbocycles. The molecule has 0 aliphatic carbocycles. The van der Waals surface area contributed by atoms with Gasteiger partial charge in [0.15, 0.2) is 0 Å². The molecule has 2 heteroatoms. The maximum absolute atomic E-state index is 11.6. The van der Waals surface area contributed by atoms with Gasteiger partial charge >= 0.3 is 0 Å². The fourth-order valence-electron chi connectivity index (χ4n) is 1.27. The lowest BCUT2D eigenvalue weighted by molar-refractivity contribution is 0.0827. The molecule has 0 atom stereocenters. The van der Waals surface area contributed by atoms with Gasteiger partial charge in [0.05, 0.1) is 0 Å². The molecule has 1 amide bonds. The van der Waals surface area contributed by atoms with Crippen LogP contribution in [-0.4, -0.2) is 24.9 Å². The van der Waals surface area contributed by atoms with Crippen LogP contribution in [0.15, 0.2) is 12.1 Å². The second-order valence-electron chi connectivity index (χ2n) is 3.43. The van der Waals surface area contributed by atoms with Crippen molar-refractivity contribution in [3.63, 3.8) is 0 Å². The Bertz CT molecular complexity index is 309. The largest absolute Gasteiger partial charge is 0.345 e. The first-order valence-electron chi connectivity index (χ1n) is 4.23. The first-order chi connectivity index (χ1) is 6.00. The van der Waals surface area contributed by atoms with Gasteiger partial charge in [-0.05, 0) is 43.2 Å². The van der Waals surface area contributed by atoms with Crippen molar-refractivity contribution < 1.29 is 4.79 Å². The smallest absolute Gasteiger partial charge is 0.253 e. The standard InChI is InChI=1S/C11H14NO/c1-8-5-9(2)7-10(6-8)11(13)12(3)4/h6-7H,1-4H3. The average molecular weight is 176 g/mol. The van der Waals surface area contributed by atoms with E-state index in [1.54, 1.807) is 19.0 Å². The van der Waals surface area contributed by atoms with Crippen LogP contribution in [0.25, 0.3) is 0 Å². The van der Waals surface area contributed by atoms with Crippen LogP contribution in [0.5, 0.6) is 0 Å². The molecule has 0 aromatic heterocycles. The fraction of sp³-hybridized carbons (Fsp3) is 0.364. The molecule has 0 spiro atoms. The minimum Gasteiger partial charge on any atom is -0.345 e. The molecule has 1 radical (unpaired) electrons. The molecule has 1 rings (SSSR count). The summed E-state index contributed by atoms with van der Waals surface area (Å²) in [7, 11) is 3.51. The molecule has 0 aliphatic heterocycles. The summed E-state index contributed by atoms with van der Waals surface area (Å²) in [6.07, 6.45) is 0. The van der Waals surface area contributed by atoms with Crippen LogP contribution >= 0.6 is 0 Å². The Morgan fingerprint density at radius 2 is 1.69 bits per heavy atom. The number of hydrogen-bond acceptors (Lipinski definition) is 1. The first kappa shape index (κ1) is 9.78. The summed E-state index contributed by atoms with van der Waals surface area (Å²) in [6.45, 7) is 3.89. The van der Waals surface area contributed by atoms with Gasteiger partial charge in [0.25, 0.3) is 5.91 Å². The molecule has 1 aromatic rings. The molecule has 0 unspecified atom stereocenters. The summed E-state index contributed by atoms with van der Waals surface area (Å²) in [5, 5.41) is 0. The van der Waals surface area contributed by atoms with Gasteiger partial charge in [0, 0.05) is 19.7 Å². The average Bonchev–Trinajstić information content (AvgIpc) is 2.01. The van der Waals surface area contributed by atoms with Gasteiger partial charge in [-0.1, -0.05) is 0 Å². The highest BCUT2D eigenvalue weighted by molar-refractivity contribution is 5.94. The lowest BCUT2D eigenvalue weighted by Gasteiger charge is -2.10. The minimum absolute atomic E-state index is 0.0419. The molecule has 13 heavy (non-hydrogen) atoms. The molecule has 0 N–H and O–H groups in total. The van der Waals surface area contributed by atoms with E-state index in [4.69, 9.17) is 0 Å². The van der Waals surface area contributed by atoms with Gasteiger partial charge in [0.1, 0.15) is 0 Å². The quantitative estimate of drug-likeness (QED) is 0.639. The topological polar surface area (TPSA) is 20.3 Å². The van der Waals surface area contributed by atoms with Crippen LogP contribution in [0.3, 0.4) is 0 Å². The van der Waals surface area contributed by atoms with E-state index in [-0.39, 0.29) is 5.91 Å². The SMILES string of the molecule is Cc1[c]c(C)cc(C(=O)N(C)C)c1. The van der Waals surface area contributed by atoms with Gasteiger partial charge in [-0.15, -0.1) is 0 Å². The molecular weight excluding hydrogens is 162 g/mol. The maximum atomic E-state index is 11.6. The number of aryl methyl sites for hydroxylation is 2. The summed E-state index contributed by atoms with van der Waals surface area (Å²) in [4.78, 5) is 13.1. The Balaban J connectivity index is 3.08. The summed E-state index contributed by atoms with van der Waals surface area (Å²) in [5.74, 6) is 0.0419. The van der Waals surface area contributed by atoms with Crippen molar-refractivity contribution in [1.82, 2.24) is 4.90 Å².